The molecule has 1 aromatic carbocycles. The molecule has 1 atom stereocenters. The van der Waals surface area contributed by atoms with E-state index in [-0.39, 0.29) is 6.04 Å². The van der Waals surface area contributed by atoms with E-state index in [0.29, 0.717) is 0 Å². The van der Waals surface area contributed by atoms with Crippen LogP contribution >= 0.6 is 27.3 Å². The van der Waals surface area contributed by atoms with Crippen LogP contribution < -0.4 is 14.8 Å². The Hall–Kier alpha value is -1.04. The van der Waals surface area contributed by atoms with Crippen molar-refractivity contribution in [3.05, 3.63) is 44.6 Å². The maximum absolute atomic E-state index is 5.40. The highest BCUT2D eigenvalue weighted by Gasteiger charge is 2.20. The highest BCUT2D eigenvalue weighted by Crippen LogP contribution is 2.38. The molecular weight excluding hydrogens is 326 g/mol. The summed E-state index contributed by atoms with van der Waals surface area (Å²) >= 11 is 5.29. The quantitative estimate of drug-likeness (QED) is 0.896. The molecule has 0 fully saturated rings. The molecule has 1 unspecified atom stereocenters. The first-order valence-corrected chi connectivity index (χ1v) is 7.50. The Morgan fingerprint density at radius 1 is 1.21 bits per heavy atom. The number of hydrogen-bond donors (Lipinski definition) is 1. The van der Waals surface area contributed by atoms with E-state index in [1.807, 2.05) is 30.6 Å². The first-order valence-electron chi connectivity index (χ1n) is 5.83. The predicted molar refractivity (Wildman–Crippen MR) is 82.5 cm³/mol. The minimum Gasteiger partial charge on any atom is -0.497 e. The lowest BCUT2D eigenvalue weighted by Crippen LogP contribution is -2.17. The molecule has 0 spiro atoms. The normalized spacial score (nSPS) is 12.2. The lowest BCUT2D eigenvalue weighted by Gasteiger charge is -2.18. The molecule has 2 aromatic rings. The van der Waals surface area contributed by atoms with Gasteiger partial charge in [-0.15, -0.1) is 11.3 Å². The molecule has 19 heavy (non-hydrogen) atoms. The Balaban J connectivity index is 2.42. The fraction of sp³-hybridized carbons (Fsp3) is 0.286. The van der Waals surface area contributed by atoms with Crippen molar-refractivity contribution in [1.82, 2.24) is 5.32 Å². The van der Waals surface area contributed by atoms with Crippen LogP contribution in [-0.4, -0.2) is 21.3 Å². The smallest absolute Gasteiger partial charge is 0.134 e. The van der Waals surface area contributed by atoms with Crippen LogP contribution in [0, 0.1) is 0 Å². The van der Waals surface area contributed by atoms with Gasteiger partial charge in [0.05, 0.1) is 25.1 Å². The van der Waals surface area contributed by atoms with E-state index in [0.717, 1.165) is 26.4 Å². The van der Waals surface area contributed by atoms with E-state index >= 15 is 0 Å². The fourth-order valence-electron chi connectivity index (χ4n) is 1.99. The Labute approximate surface area is 125 Å². The predicted octanol–water partition coefficient (Wildman–Crippen LogP) is 3.84. The van der Waals surface area contributed by atoms with Crippen molar-refractivity contribution in [2.75, 3.05) is 21.3 Å². The summed E-state index contributed by atoms with van der Waals surface area (Å²) in [7, 11) is 5.31. The molecule has 1 heterocycles. The molecule has 0 saturated carbocycles. The SMILES string of the molecule is CNC(c1ccc(OC)cc1Br)c1sccc1OC. The van der Waals surface area contributed by atoms with Gasteiger partial charge in [-0.2, -0.15) is 0 Å². The van der Waals surface area contributed by atoms with Gasteiger partial charge in [-0.05, 0) is 36.2 Å². The maximum atomic E-state index is 5.40. The summed E-state index contributed by atoms with van der Waals surface area (Å²) in [6, 6.07) is 8.07. The van der Waals surface area contributed by atoms with Crippen LogP contribution in [0.3, 0.4) is 0 Å². The van der Waals surface area contributed by atoms with Gasteiger partial charge in [0, 0.05) is 4.47 Å². The van der Waals surface area contributed by atoms with Crippen molar-refractivity contribution in [3.63, 3.8) is 0 Å². The molecule has 3 nitrogen and oxygen atoms in total. The third-order valence-corrected chi connectivity index (χ3v) is 4.60. The van der Waals surface area contributed by atoms with Crippen LogP contribution in [0.4, 0.5) is 0 Å². The monoisotopic (exact) mass is 341 g/mol. The zero-order chi connectivity index (χ0) is 13.8. The minimum absolute atomic E-state index is 0.0928. The third-order valence-electron chi connectivity index (χ3n) is 2.95. The van der Waals surface area contributed by atoms with Gasteiger partial charge in [-0.3, -0.25) is 0 Å². The number of benzene rings is 1. The molecular formula is C14H16BrNO2S. The number of nitrogens with one attached hydrogen (secondary N) is 1. The van der Waals surface area contributed by atoms with Crippen molar-refractivity contribution >= 4 is 27.3 Å². The number of halogens is 1. The maximum Gasteiger partial charge on any atom is 0.134 e. The highest BCUT2D eigenvalue weighted by molar-refractivity contribution is 9.10. The van der Waals surface area contributed by atoms with E-state index in [1.165, 1.54) is 0 Å². The molecule has 0 radical (unpaired) electrons. The van der Waals surface area contributed by atoms with Gasteiger partial charge in [-0.25, -0.2) is 0 Å². The van der Waals surface area contributed by atoms with E-state index in [1.54, 1.807) is 25.6 Å². The third kappa shape index (κ3) is 2.94. The Morgan fingerprint density at radius 2 is 2.00 bits per heavy atom. The summed E-state index contributed by atoms with van der Waals surface area (Å²) in [5, 5.41) is 5.37. The average Bonchev–Trinajstić information content (AvgIpc) is 2.89. The Bertz CT molecular complexity index is 556. The van der Waals surface area contributed by atoms with Crippen LogP contribution in [0.2, 0.25) is 0 Å². The standard InChI is InChI=1S/C14H16BrNO2S/c1-16-13(14-12(18-3)6-7-19-14)10-5-4-9(17-2)8-11(10)15/h4-8,13,16H,1-3H3. The molecule has 5 heteroatoms. The van der Waals surface area contributed by atoms with E-state index < -0.39 is 0 Å². The van der Waals surface area contributed by atoms with Gasteiger partial charge >= 0.3 is 0 Å². The molecule has 0 aliphatic rings. The zero-order valence-corrected chi connectivity index (χ0v) is 13.5. The van der Waals surface area contributed by atoms with Gasteiger partial charge in [0.1, 0.15) is 11.5 Å². The lowest BCUT2D eigenvalue weighted by atomic mass is 10.0. The van der Waals surface area contributed by atoms with Crippen molar-refractivity contribution in [2.24, 2.45) is 0 Å². The number of ether oxygens (including phenoxy) is 2. The number of rotatable bonds is 5. The second kappa shape index (κ2) is 6.41. The molecule has 1 aromatic heterocycles. The summed E-state index contributed by atoms with van der Waals surface area (Å²) in [6.07, 6.45) is 0. The number of thiophene rings is 1. The van der Waals surface area contributed by atoms with Crippen LogP contribution in [0.15, 0.2) is 34.1 Å². The van der Waals surface area contributed by atoms with Crippen LogP contribution in [0.25, 0.3) is 0 Å². The van der Waals surface area contributed by atoms with Crippen molar-refractivity contribution in [3.8, 4) is 11.5 Å². The lowest BCUT2D eigenvalue weighted by molar-refractivity contribution is 0.408. The van der Waals surface area contributed by atoms with Gasteiger partial charge in [-0.1, -0.05) is 22.0 Å². The van der Waals surface area contributed by atoms with Crippen molar-refractivity contribution < 1.29 is 9.47 Å². The van der Waals surface area contributed by atoms with Crippen LogP contribution in [0.5, 0.6) is 11.5 Å². The van der Waals surface area contributed by atoms with Gasteiger partial charge in [0.25, 0.3) is 0 Å². The van der Waals surface area contributed by atoms with Crippen molar-refractivity contribution in [1.29, 1.82) is 0 Å². The molecule has 0 bridgehead atoms. The number of hydrogen-bond acceptors (Lipinski definition) is 4. The van der Waals surface area contributed by atoms with Gasteiger partial charge < -0.3 is 14.8 Å². The van der Waals surface area contributed by atoms with Gasteiger partial charge in [0.15, 0.2) is 0 Å². The largest absolute Gasteiger partial charge is 0.497 e. The van der Waals surface area contributed by atoms with E-state index in [9.17, 15) is 0 Å². The Morgan fingerprint density at radius 3 is 2.58 bits per heavy atom. The first-order chi connectivity index (χ1) is 9.21. The summed E-state index contributed by atoms with van der Waals surface area (Å²) in [4.78, 5) is 1.16. The summed E-state index contributed by atoms with van der Waals surface area (Å²) in [5.41, 5.74) is 1.16. The Kier molecular flexibility index (Phi) is 4.85. The zero-order valence-electron chi connectivity index (χ0n) is 11.1. The van der Waals surface area contributed by atoms with Crippen LogP contribution in [0.1, 0.15) is 16.5 Å². The van der Waals surface area contributed by atoms with E-state index in [4.69, 9.17) is 9.47 Å². The molecule has 1 N–H and O–H groups in total. The van der Waals surface area contributed by atoms with E-state index in [2.05, 4.69) is 27.3 Å². The second-order valence-corrected chi connectivity index (χ2v) is 5.76. The average molecular weight is 342 g/mol. The summed E-state index contributed by atoms with van der Waals surface area (Å²) < 4.78 is 11.6. The fourth-order valence-corrected chi connectivity index (χ4v) is 3.56. The first kappa shape index (κ1) is 14.4. The summed E-state index contributed by atoms with van der Waals surface area (Å²) in [5.74, 6) is 1.75. The highest BCUT2D eigenvalue weighted by atomic mass is 79.9. The molecule has 2 rings (SSSR count). The van der Waals surface area contributed by atoms with Gasteiger partial charge in [0.2, 0.25) is 0 Å². The molecule has 0 amide bonds. The summed E-state index contributed by atoms with van der Waals surface area (Å²) in [6.45, 7) is 0. The van der Waals surface area contributed by atoms with Crippen molar-refractivity contribution in [2.45, 2.75) is 6.04 Å². The van der Waals surface area contributed by atoms with Crippen LogP contribution in [-0.2, 0) is 0 Å². The molecule has 0 aliphatic carbocycles. The topological polar surface area (TPSA) is 30.5 Å². The number of methoxy groups -OCH3 is 2. The molecule has 0 aliphatic heterocycles. The molecule has 0 saturated heterocycles. The molecule has 102 valence electrons. The minimum atomic E-state index is 0.0928. The second-order valence-electron chi connectivity index (χ2n) is 3.96.